The first-order valence-corrected chi connectivity index (χ1v) is 13.1. The van der Waals surface area contributed by atoms with Crippen molar-refractivity contribution < 1.29 is 32.9 Å². The molecule has 1 aromatic heterocycles. The van der Waals surface area contributed by atoms with Crippen molar-refractivity contribution in [2.24, 2.45) is 0 Å². The molecule has 11 heteroatoms. The van der Waals surface area contributed by atoms with E-state index in [1.54, 1.807) is 24.3 Å². The Hall–Kier alpha value is -3.93. The Balaban J connectivity index is 1.61. The number of nitrogens with zero attached hydrogens (tertiary/aromatic N) is 1. The fourth-order valence-corrected chi connectivity index (χ4v) is 4.78. The minimum atomic E-state index is -4.95. The second-order valence-electron chi connectivity index (χ2n) is 9.23. The molecular weight excluding hydrogens is 605 g/mol. The van der Waals surface area contributed by atoms with Crippen molar-refractivity contribution in [1.82, 2.24) is 4.57 Å². The van der Waals surface area contributed by atoms with Gasteiger partial charge in [0, 0.05) is 34.4 Å². The maximum Gasteiger partial charge on any atom is 0.573 e. The fourth-order valence-electron chi connectivity index (χ4n) is 4.33. The van der Waals surface area contributed by atoms with Gasteiger partial charge in [-0.15, -0.1) is 13.2 Å². The predicted molar refractivity (Wildman–Crippen MR) is 151 cm³/mol. The molecule has 2 atom stereocenters. The molecule has 3 N–H and O–H groups in total. The third-order valence-corrected chi connectivity index (χ3v) is 6.83. The van der Waals surface area contributed by atoms with Gasteiger partial charge in [0.1, 0.15) is 17.6 Å². The number of halogens is 4. The van der Waals surface area contributed by atoms with Gasteiger partial charge in [-0.3, -0.25) is 4.79 Å². The average Bonchev–Trinajstić information content (AvgIpc) is 2.93. The number of aliphatic hydroxyl groups is 2. The first-order valence-electron chi connectivity index (χ1n) is 12.4. The van der Waals surface area contributed by atoms with Gasteiger partial charge in [-0.1, -0.05) is 40.2 Å². The summed E-state index contributed by atoms with van der Waals surface area (Å²) < 4.78 is 50.2. The summed E-state index contributed by atoms with van der Waals surface area (Å²) in [5.74, 6) is -0.0378. The average molecular weight is 631 g/mol. The van der Waals surface area contributed by atoms with Crippen LogP contribution in [0.1, 0.15) is 46.4 Å². The zero-order chi connectivity index (χ0) is 29.7. The van der Waals surface area contributed by atoms with Crippen molar-refractivity contribution in [3.63, 3.8) is 0 Å². The van der Waals surface area contributed by atoms with Crippen molar-refractivity contribution in [2.45, 2.75) is 31.5 Å². The summed E-state index contributed by atoms with van der Waals surface area (Å²) >= 11 is 3.40. The molecule has 41 heavy (non-hydrogen) atoms. The van der Waals surface area contributed by atoms with E-state index in [0.29, 0.717) is 16.9 Å². The standard InChI is InChI=1S/C30H26BrF3N2O5/c1-40-22-8-5-19(6-9-22)29(39)25-14-23(41-30(32,33)34)10-11-24(25)26(35)15-27(37)20-7-12-28(38)36(17-20)16-18-3-2-4-21(31)13-18/h2-14,17,27,29,35,37,39H,15-16H2,1H3. The largest absolute Gasteiger partial charge is 0.573 e. The Morgan fingerprint density at radius 1 is 0.976 bits per heavy atom. The van der Waals surface area contributed by atoms with Gasteiger partial charge in [0.05, 0.1) is 19.8 Å². The molecule has 0 bridgehead atoms. The molecular formula is C30H26BrF3N2O5. The molecule has 0 aliphatic rings. The van der Waals surface area contributed by atoms with E-state index >= 15 is 0 Å². The summed E-state index contributed by atoms with van der Waals surface area (Å²) in [6.07, 6.45) is -6.30. The molecule has 214 valence electrons. The molecule has 4 aromatic rings. The Morgan fingerprint density at radius 3 is 2.32 bits per heavy atom. The second-order valence-corrected chi connectivity index (χ2v) is 10.1. The Kier molecular flexibility index (Phi) is 9.31. The molecule has 3 aromatic carbocycles. The summed E-state index contributed by atoms with van der Waals surface area (Å²) in [6.45, 7) is 0.259. The first kappa shape index (κ1) is 30.0. The highest BCUT2D eigenvalue weighted by Gasteiger charge is 2.32. The van der Waals surface area contributed by atoms with Gasteiger partial charge in [-0.25, -0.2) is 0 Å². The molecule has 0 aliphatic heterocycles. The molecule has 2 unspecified atom stereocenters. The van der Waals surface area contributed by atoms with Crippen LogP contribution in [0.3, 0.4) is 0 Å². The lowest BCUT2D eigenvalue weighted by Crippen LogP contribution is -2.21. The molecule has 7 nitrogen and oxygen atoms in total. The van der Waals surface area contributed by atoms with Gasteiger partial charge < -0.3 is 29.7 Å². The van der Waals surface area contributed by atoms with Crippen molar-refractivity contribution >= 4 is 21.6 Å². The number of aliphatic hydroxyl groups excluding tert-OH is 2. The molecule has 0 saturated heterocycles. The van der Waals surface area contributed by atoms with Crippen molar-refractivity contribution in [3.8, 4) is 11.5 Å². The molecule has 0 aliphatic carbocycles. The van der Waals surface area contributed by atoms with Crippen molar-refractivity contribution in [1.29, 1.82) is 5.41 Å². The fraction of sp³-hybridized carbons (Fsp3) is 0.200. The molecule has 0 saturated carbocycles. The summed E-state index contributed by atoms with van der Waals surface area (Å²) in [5, 5.41) is 30.8. The summed E-state index contributed by atoms with van der Waals surface area (Å²) in [6, 6.07) is 19.8. The van der Waals surface area contributed by atoms with E-state index in [0.717, 1.165) is 22.2 Å². The predicted octanol–water partition coefficient (Wildman–Crippen LogP) is 6.14. The minimum absolute atomic E-state index is 0.00579. The molecule has 0 radical (unpaired) electrons. The molecule has 0 amide bonds. The van der Waals surface area contributed by atoms with Gasteiger partial charge >= 0.3 is 6.36 Å². The lowest BCUT2D eigenvalue weighted by atomic mass is 9.91. The minimum Gasteiger partial charge on any atom is -0.497 e. The highest BCUT2D eigenvalue weighted by Crippen LogP contribution is 2.33. The zero-order valence-corrected chi connectivity index (χ0v) is 23.3. The topological polar surface area (TPSA) is 105 Å². The first-order chi connectivity index (χ1) is 19.4. The van der Waals surface area contributed by atoms with Crippen LogP contribution in [0.5, 0.6) is 11.5 Å². The van der Waals surface area contributed by atoms with Crippen LogP contribution in [0.4, 0.5) is 13.2 Å². The van der Waals surface area contributed by atoms with Crippen LogP contribution in [-0.2, 0) is 6.54 Å². The van der Waals surface area contributed by atoms with Crippen LogP contribution in [-0.4, -0.2) is 34.0 Å². The van der Waals surface area contributed by atoms with Gasteiger partial charge in [0.15, 0.2) is 0 Å². The van der Waals surface area contributed by atoms with Crippen molar-refractivity contribution in [3.05, 3.63) is 128 Å². The number of alkyl halides is 3. The lowest BCUT2D eigenvalue weighted by Gasteiger charge is -2.20. The maximum atomic E-state index is 12.9. The molecule has 0 fully saturated rings. The molecule has 0 spiro atoms. The highest BCUT2D eigenvalue weighted by atomic mass is 79.9. The Morgan fingerprint density at radius 2 is 1.66 bits per heavy atom. The monoisotopic (exact) mass is 630 g/mol. The normalized spacial score (nSPS) is 13.0. The Bertz CT molecular complexity index is 1590. The van der Waals surface area contributed by atoms with Crippen LogP contribution < -0.4 is 15.0 Å². The summed E-state index contributed by atoms with van der Waals surface area (Å²) in [7, 11) is 1.47. The number of nitrogens with one attached hydrogen (secondary N) is 1. The van der Waals surface area contributed by atoms with E-state index in [-0.39, 0.29) is 35.4 Å². The van der Waals surface area contributed by atoms with Crippen LogP contribution in [0, 0.1) is 5.41 Å². The summed E-state index contributed by atoms with van der Waals surface area (Å²) in [4.78, 5) is 12.5. The second kappa shape index (κ2) is 12.7. The van der Waals surface area contributed by atoms with Crippen molar-refractivity contribution in [2.75, 3.05) is 7.11 Å². The van der Waals surface area contributed by atoms with E-state index in [4.69, 9.17) is 10.1 Å². The SMILES string of the molecule is COc1ccc(C(O)c2cc(OC(F)(F)F)ccc2C(=N)CC(O)c2ccc(=O)n(Cc3cccc(Br)c3)c2)cc1. The highest BCUT2D eigenvalue weighted by molar-refractivity contribution is 9.10. The van der Waals surface area contributed by atoms with Gasteiger partial charge in [0.2, 0.25) is 0 Å². The summed E-state index contributed by atoms with van der Waals surface area (Å²) in [5.41, 5.74) is 1.30. The molecule has 4 rings (SSSR count). The third kappa shape index (κ3) is 7.84. The lowest BCUT2D eigenvalue weighted by molar-refractivity contribution is -0.274. The van der Waals surface area contributed by atoms with E-state index in [9.17, 15) is 28.2 Å². The van der Waals surface area contributed by atoms with Crippen LogP contribution >= 0.6 is 15.9 Å². The van der Waals surface area contributed by atoms with Gasteiger partial charge in [-0.2, -0.15) is 0 Å². The maximum absolute atomic E-state index is 12.9. The number of benzene rings is 3. The van der Waals surface area contributed by atoms with E-state index in [1.807, 2.05) is 24.3 Å². The van der Waals surface area contributed by atoms with E-state index in [2.05, 4.69) is 20.7 Å². The van der Waals surface area contributed by atoms with Crippen LogP contribution in [0.25, 0.3) is 0 Å². The quantitative estimate of drug-likeness (QED) is 0.183. The van der Waals surface area contributed by atoms with Gasteiger partial charge in [-0.05, 0) is 70.8 Å². The zero-order valence-electron chi connectivity index (χ0n) is 21.7. The van der Waals surface area contributed by atoms with Gasteiger partial charge in [0.25, 0.3) is 5.56 Å². The number of hydrogen-bond donors (Lipinski definition) is 3. The number of ether oxygens (including phenoxy) is 2. The Labute approximate surface area is 242 Å². The number of aromatic nitrogens is 1. The number of rotatable bonds is 10. The molecule has 1 heterocycles. The van der Waals surface area contributed by atoms with E-state index in [1.165, 1.54) is 36.1 Å². The number of hydrogen-bond acceptors (Lipinski definition) is 6. The van der Waals surface area contributed by atoms with Crippen LogP contribution in [0.2, 0.25) is 0 Å². The van der Waals surface area contributed by atoms with Crippen LogP contribution in [0.15, 0.2) is 94.3 Å². The smallest absolute Gasteiger partial charge is 0.497 e. The van der Waals surface area contributed by atoms with E-state index < -0.39 is 24.3 Å². The number of pyridine rings is 1. The number of methoxy groups -OCH3 is 1. The third-order valence-electron chi connectivity index (χ3n) is 6.34.